The Hall–Kier alpha value is -0.220. The summed E-state index contributed by atoms with van der Waals surface area (Å²) in [6.45, 7) is 6.08. The van der Waals surface area contributed by atoms with Gasteiger partial charge in [0, 0.05) is 4.83 Å². The molecule has 0 heterocycles. The Bertz CT molecular complexity index is 579. The normalized spacial score (nSPS) is 12.1. The third kappa shape index (κ3) is 17.2. The summed E-state index contributed by atoms with van der Waals surface area (Å²) in [4.78, 5) is 0.700. The molecule has 0 spiro atoms. The molecular formula is C30H52Br2O2. The van der Waals surface area contributed by atoms with Crippen molar-refractivity contribution in [2.24, 2.45) is 0 Å². The fraction of sp³-hybridized carbons (Fsp3) is 0.800. The lowest BCUT2D eigenvalue weighted by Gasteiger charge is -2.14. The van der Waals surface area contributed by atoms with Crippen molar-refractivity contribution in [3.63, 3.8) is 0 Å². The van der Waals surface area contributed by atoms with Crippen LogP contribution in [0, 0.1) is 0 Å². The maximum absolute atomic E-state index is 6.13. The van der Waals surface area contributed by atoms with E-state index in [2.05, 4.69) is 45.7 Å². The topological polar surface area (TPSA) is 18.5 Å². The molecule has 0 fully saturated rings. The molecule has 0 aliphatic heterocycles. The van der Waals surface area contributed by atoms with Gasteiger partial charge in [0.05, 0.1) is 17.7 Å². The van der Waals surface area contributed by atoms with Crippen LogP contribution in [0.25, 0.3) is 0 Å². The first-order valence-corrected chi connectivity index (χ1v) is 16.1. The standard InChI is InChI=1S/C30H52Br2O2/c1-3-5-7-8-9-10-11-12-14-18-25-33-29-24-20-23-28(32)30(29)34-26-19-15-13-17-22-27(31)21-16-6-4-2/h20,23-24,27H,3-19,21-22,25-26H2,1-2H3. The van der Waals surface area contributed by atoms with Gasteiger partial charge in [0.2, 0.25) is 0 Å². The minimum atomic E-state index is 0.700. The summed E-state index contributed by atoms with van der Waals surface area (Å²) in [5, 5.41) is 0. The van der Waals surface area contributed by atoms with Crippen LogP contribution in [0.1, 0.15) is 136 Å². The average molecular weight is 605 g/mol. The Labute approximate surface area is 228 Å². The molecule has 0 aliphatic rings. The zero-order valence-electron chi connectivity index (χ0n) is 22.2. The lowest BCUT2D eigenvalue weighted by Crippen LogP contribution is -2.03. The van der Waals surface area contributed by atoms with E-state index in [4.69, 9.17) is 9.47 Å². The highest BCUT2D eigenvalue weighted by molar-refractivity contribution is 9.10. The molecule has 1 aromatic carbocycles. The van der Waals surface area contributed by atoms with Crippen LogP contribution in [0.15, 0.2) is 22.7 Å². The molecule has 0 aromatic heterocycles. The molecule has 0 N–H and O–H groups in total. The second-order valence-electron chi connectivity index (χ2n) is 9.74. The summed E-state index contributed by atoms with van der Waals surface area (Å²) in [7, 11) is 0. The largest absolute Gasteiger partial charge is 0.490 e. The molecule has 0 radical (unpaired) electrons. The van der Waals surface area contributed by atoms with Gasteiger partial charge in [0.1, 0.15) is 0 Å². The molecule has 0 aliphatic carbocycles. The Morgan fingerprint density at radius 2 is 1.09 bits per heavy atom. The van der Waals surface area contributed by atoms with Crippen molar-refractivity contribution in [1.82, 2.24) is 0 Å². The second-order valence-corrected chi connectivity index (χ2v) is 11.9. The van der Waals surface area contributed by atoms with Crippen LogP contribution in [0.4, 0.5) is 0 Å². The molecule has 0 amide bonds. The highest BCUT2D eigenvalue weighted by Crippen LogP contribution is 2.35. The number of ether oxygens (including phenoxy) is 2. The summed E-state index contributed by atoms with van der Waals surface area (Å²) in [5.41, 5.74) is 0. The highest BCUT2D eigenvalue weighted by atomic mass is 79.9. The molecule has 34 heavy (non-hydrogen) atoms. The molecule has 2 nitrogen and oxygen atoms in total. The molecule has 4 heteroatoms. The number of para-hydroxylation sites is 1. The number of halogens is 2. The summed E-state index contributed by atoms with van der Waals surface area (Å²) < 4.78 is 13.2. The minimum Gasteiger partial charge on any atom is -0.490 e. The van der Waals surface area contributed by atoms with Crippen LogP contribution in [0.2, 0.25) is 0 Å². The zero-order valence-corrected chi connectivity index (χ0v) is 25.4. The van der Waals surface area contributed by atoms with Gasteiger partial charge in [-0.15, -0.1) is 0 Å². The quantitative estimate of drug-likeness (QED) is 0.0863. The number of hydrogen-bond acceptors (Lipinski definition) is 2. The van der Waals surface area contributed by atoms with Crippen molar-refractivity contribution in [2.45, 2.75) is 141 Å². The zero-order chi connectivity index (χ0) is 24.7. The van der Waals surface area contributed by atoms with E-state index in [-0.39, 0.29) is 0 Å². The summed E-state index contributed by atoms with van der Waals surface area (Å²) in [5.74, 6) is 1.74. The maximum atomic E-state index is 6.13. The first-order valence-electron chi connectivity index (χ1n) is 14.4. The summed E-state index contributed by atoms with van der Waals surface area (Å²) in [6.07, 6.45) is 25.0. The lowest BCUT2D eigenvalue weighted by atomic mass is 10.1. The number of rotatable bonds is 24. The Morgan fingerprint density at radius 3 is 1.71 bits per heavy atom. The van der Waals surface area contributed by atoms with E-state index in [1.807, 2.05) is 18.2 Å². The van der Waals surface area contributed by atoms with Gasteiger partial charge < -0.3 is 9.47 Å². The smallest absolute Gasteiger partial charge is 0.175 e. The minimum absolute atomic E-state index is 0.700. The first kappa shape index (κ1) is 31.8. The predicted octanol–water partition coefficient (Wildman–Crippen LogP) is 11.4. The number of benzene rings is 1. The van der Waals surface area contributed by atoms with Gasteiger partial charge in [-0.3, -0.25) is 0 Å². The SMILES string of the molecule is CCCCCCCCCCCCOc1cccc(Br)c1OCCCCCCC(Br)CCCCC. The van der Waals surface area contributed by atoms with Crippen molar-refractivity contribution in [3.05, 3.63) is 22.7 Å². The van der Waals surface area contributed by atoms with E-state index >= 15 is 0 Å². The molecule has 0 saturated heterocycles. The number of hydrogen-bond donors (Lipinski definition) is 0. The van der Waals surface area contributed by atoms with Gasteiger partial charge in [0.25, 0.3) is 0 Å². The van der Waals surface area contributed by atoms with E-state index < -0.39 is 0 Å². The molecule has 198 valence electrons. The van der Waals surface area contributed by atoms with Crippen LogP contribution >= 0.6 is 31.9 Å². The van der Waals surface area contributed by atoms with Gasteiger partial charge in [0.15, 0.2) is 11.5 Å². The van der Waals surface area contributed by atoms with E-state index in [1.54, 1.807) is 0 Å². The molecule has 1 atom stereocenters. The van der Waals surface area contributed by atoms with Crippen LogP contribution in [-0.2, 0) is 0 Å². The average Bonchev–Trinajstić information content (AvgIpc) is 2.83. The van der Waals surface area contributed by atoms with E-state index in [9.17, 15) is 0 Å². The number of alkyl halides is 1. The van der Waals surface area contributed by atoms with Crippen LogP contribution in [0.5, 0.6) is 11.5 Å². The molecule has 0 bridgehead atoms. The third-order valence-electron chi connectivity index (χ3n) is 6.47. The Balaban J connectivity index is 2.11. The molecule has 1 unspecified atom stereocenters. The van der Waals surface area contributed by atoms with E-state index in [0.717, 1.165) is 42.0 Å². The van der Waals surface area contributed by atoms with Gasteiger partial charge in [-0.25, -0.2) is 0 Å². The first-order chi connectivity index (χ1) is 16.7. The monoisotopic (exact) mass is 602 g/mol. The molecule has 1 rings (SSSR count). The lowest BCUT2D eigenvalue weighted by molar-refractivity contribution is 0.257. The molecular weight excluding hydrogens is 552 g/mol. The Morgan fingerprint density at radius 1 is 0.618 bits per heavy atom. The van der Waals surface area contributed by atoms with E-state index in [0.29, 0.717) is 4.83 Å². The van der Waals surface area contributed by atoms with Gasteiger partial charge in [-0.1, -0.05) is 132 Å². The third-order valence-corrected chi connectivity index (χ3v) is 8.01. The van der Waals surface area contributed by atoms with Crippen LogP contribution in [0.3, 0.4) is 0 Å². The van der Waals surface area contributed by atoms with Crippen molar-refractivity contribution in [3.8, 4) is 11.5 Å². The summed E-state index contributed by atoms with van der Waals surface area (Å²) >= 11 is 7.49. The van der Waals surface area contributed by atoms with Crippen molar-refractivity contribution in [1.29, 1.82) is 0 Å². The van der Waals surface area contributed by atoms with Gasteiger partial charge in [-0.05, 0) is 53.7 Å². The van der Waals surface area contributed by atoms with Gasteiger partial charge >= 0.3 is 0 Å². The Kier molecular flexibility index (Phi) is 21.7. The molecule has 1 aromatic rings. The van der Waals surface area contributed by atoms with Crippen molar-refractivity contribution < 1.29 is 9.47 Å². The second kappa shape index (κ2) is 23.2. The van der Waals surface area contributed by atoms with E-state index in [1.165, 1.54) is 109 Å². The van der Waals surface area contributed by atoms with Crippen molar-refractivity contribution in [2.75, 3.05) is 13.2 Å². The summed E-state index contributed by atoms with van der Waals surface area (Å²) in [6, 6.07) is 6.10. The van der Waals surface area contributed by atoms with Crippen LogP contribution < -0.4 is 9.47 Å². The predicted molar refractivity (Wildman–Crippen MR) is 157 cm³/mol. The highest BCUT2D eigenvalue weighted by Gasteiger charge is 2.10. The fourth-order valence-electron chi connectivity index (χ4n) is 4.27. The van der Waals surface area contributed by atoms with Crippen molar-refractivity contribution >= 4 is 31.9 Å². The molecule has 0 saturated carbocycles. The van der Waals surface area contributed by atoms with Crippen LogP contribution in [-0.4, -0.2) is 18.0 Å². The fourth-order valence-corrected chi connectivity index (χ4v) is 5.38. The maximum Gasteiger partial charge on any atom is 0.175 e. The number of unbranched alkanes of at least 4 members (excludes halogenated alkanes) is 14. The van der Waals surface area contributed by atoms with Gasteiger partial charge in [-0.2, -0.15) is 0 Å².